The van der Waals surface area contributed by atoms with Gasteiger partial charge in [-0.1, -0.05) is 12.1 Å². The first kappa shape index (κ1) is 11.1. The number of carbonyl (C=O) groups excluding carboxylic acids is 1. The van der Waals surface area contributed by atoms with Crippen molar-refractivity contribution in [2.45, 2.75) is 6.92 Å². The molecule has 2 aromatic rings. The van der Waals surface area contributed by atoms with Gasteiger partial charge in [-0.25, -0.2) is 0 Å². The molecule has 0 aliphatic heterocycles. The predicted octanol–water partition coefficient (Wildman–Crippen LogP) is 2.62. The average Bonchev–Trinajstić information content (AvgIpc) is 2.69. The number of carbonyl (C=O) groups is 1. The molecule has 0 aliphatic carbocycles. The second kappa shape index (κ2) is 4.21. The monoisotopic (exact) mass is 230 g/mol. The van der Waals surface area contributed by atoms with Crippen LogP contribution in [0.1, 0.15) is 22.8 Å². The first-order chi connectivity index (χ1) is 8.09. The zero-order valence-electron chi connectivity index (χ0n) is 9.14. The fourth-order valence-corrected chi connectivity index (χ4v) is 1.78. The van der Waals surface area contributed by atoms with Gasteiger partial charge in [0, 0.05) is 34.3 Å². The third-order valence-electron chi connectivity index (χ3n) is 2.49. The van der Waals surface area contributed by atoms with Gasteiger partial charge in [0.2, 0.25) is 6.20 Å². The van der Waals surface area contributed by atoms with E-state index in [1.165, 1.54) is 13.0 Å². The standard InChI is InChI=1S/C12H10N2O3/c1-8(15)10-3-2-4-11-12(10)9(7-13-11)5-6-14(16)17/h2-7,13H,1H3. The van der Waals surface area contributed by atoms with Gasteiger partial charge in [-0.15, -0.1) is 0 Å². The Hall–Kier alpha value is -2.43. The van der Waals surface area contributed by atoms with E-state index in [0.29, 0.717) is 11.1 Å². The highest BCUT2D eigenvalue weighted by molar-refractivity contribution is 6.09. The molecule has 0 saturated heterocycles. The smallest absolute Gasteiger partial charge is 0.235 e. The van der Waals surface area contributed by atoms with E-state index in [1.54, 1.807) is 18.3 Å². The van der Waals surface area contributed by atoms with Crippen LogP contribution in [0.15, 0.2) is 30.6 Å². The van der Waals surface area contributed by atoms with Crippen LogP contribution in [0.2, 0.25) is 0 Å². The number of nitro groups is 1. The lowest BCUT2D eigenvalue weighted by Crippen LogP contribution is -1.93. The molecular weight excluding hydrogens is 220 g/mol. The number of fused-ring (bicyclic) bond motifs is 1. The van der Waals surface area contributed by atoms with Crippen molar-refractivity contribution < 1.29 is 9.72 Å². The van der Waals surface area contributed by atoms with E-state index in [9.17, 15) is 14.9 Å². The highest BCUT2D eigenvalue weighted by atomic mass is 16.6. The zero-order chi connectivity index (χ0) is 12.4. The first-order valence-corrected chi connectivity index (χ1v) is 5.02. The summed E-state index contributed by atoms with van der Waals surface area (Å²) in [7, 11) is 0. The number of benzene rings is 1. The fraction of sp³-hybridized carbons (Fsp3) is 0.0833. The maximum absolute atomic E-state index is 11.5. The van der Waals surface area contributed by atoms with Gasteiger partial charge in [0.15, 0.2) is 5.78 Å². The Morgan fingerprint density at radius 2 is 2.24 bits per heavy atom. The van der Waals surface area contributed by atoms with Gasteiger partial charge in [-0.3, -0.25) is 14.9 Å². The first-order valence-electron chi connectivity index (χ1n) is 5.02. The number of nitrogens with zero attached hydrogens (tertiary/aromatic N) is 1. The van der Waals surface area contributed by atoms with E-state index in [0.717, 1.165) is 17.1 Å². The summed E-state index contributed by atoms with van der Waals surface area (Å²) in [6.07, 6.45) is 3.89. The van der Waals surface area contributed by atoms with E-state index in [-0.39, 0.29) is 5.78 Å². The Morgan fingerprint density at radius 3 is 2.88 bits per heavy atom. The van der Waals surface area contributed by atoms with E-state index in [4.69, 9.17) is 0 Å². The minimum Gasteiger partial charge on any atom is -0.361 e. The van der Waals surface area contributed by atoms with Crippen LogP contribution in [0.4, 0.5) is 0 Å². The van der Waals surface area contributed by atoms with Crippen molar-refractivity contribution in [2.75, 3.05) is 0 Å². The zero-order valence-corrected chi connectivity index (χ0v) is 9.14. The number of hydrogen-bond donors (Lipinski definition) is 1. The van der Waals surface area contributed by atoms with Crippen LogP contribution in [-0.2, 0) is 0 Å². The second-order valence-corrected chi connectivity index (χ2v) is 3.63. The molecule has 1 heterocycles. The Kier molecular flexibility index (Phi) is 2.74. The van der Waals surface area contributed by atoms with Crippen molar-refractivity contribution in [3.05, 3.63) is 51.8 Å². The SMILES string of the molecule is CC(=O)c1cccc2[nH]cc(C=C[N+](=O)[O-])c12. The Labute approximate surface area is 96.9 Å². The Bertz CT molecular complexity index is 626. The summed E-state index contributed by atoms with van der Waals surface area (Å²) >= 11 is 0. The number of ketones is 1. The van der Waals surface area contributed by atoms with Crippen molar-refractivity contribution in [2.24, 2.45) is 0 Å². The summed E-state index contributed by atoms with van der Waals surface area (Å²) in [4.78, 5) is 24.2. The molecule has 0 fully saturated rings. The lowest BCUT2D eigenvalue weighted by Gasteiger charge is -1.99. The number of aromatic amines is 1. The molecule has 0 atom stereocenters. The molecule has 86 valence electrons. The maximum atomic E-state index is 11.5. The largest absolute Gasteiger partial charge is 0.361 e. The van der Waals surface area contributed by atoms with Crippen molar-refractivity contribution in [3.63, 3.8) is 0 Å². The Morgan fingerprint density at radius 1 is 1.47 bits per heavy atom. The molecule has 0 spiro atoms. The molecule has 0 bridgehead atoms. The van der Waals surface area contributed by atoms with Crippen LogP contribution in [0.25, 0.3) is 17.0 Å². The van der Waals surface area contributed by atoms with Crippen LogP contribution in [0, 0.1) is 10.1 Å². The number of nitrogens with one attached hydrogen (secondary N) is 1. The number of H-pyrrole nitrogens is 1. The summed E-state index contributed by atoms with van der Waals surface area (Å²) < 4.78 is 0. The fourth-order valence-electron chi connectivity index (χ4n) is 1.78. The topological polar surface area (TPSA) is 76.0 Å². The van der Waals surface area contributed by atoms with Crippen LogP contribution in [0.3, 0.4) is 0 Å². The number of Topliss-reactive ketones (excluding diaryl/α,β-unsaturated/α-hetero) is 1. The third kappa shape index (κ3) is 2.08. The van der Waals surface area contributed by atoms with E-state index in [2.05, 4.69) is 4.98 Å². The van der Waals surface area contributed by atoms with Crippen molar-refractivity contribution >= 4 is 22.8 Å². The maximum Gasteiger partial charge on any atom is 0.235 e. The number of hydrogen-bond acceptors (Lipinski definition) is 3. The predicted molar refractivity (Wildman–Crippen MR) is 64.3 cm³/mol. The van der Waals surface area contributed by atoms with Crippen molar-refractivity contribution in [3.8, 4) is 0 Å². The normalized spacial score (nSPS) is 11.1. The molecule has 0 amide bonds. The van der Waals surface area contributed by atoms with Gasteiger partial charge in [0.05, 0.1) is 4.92 Å². The van der Waals surface area contributed by atoms with Gasteiger partial charge >= 0.3 is 0 Å². The van der Waals surface area contributed by atoms with Gasteiger partial charge in [0.1, 0.15) is 0 Å². The number of rotatable bonds is 3. The summed E-state index contributed by atoms with van der Waals surface area (Å²) in [5.41, 5.74) is 2.00. The van der Waals surface area contributed by atoms with Crippen LogP contribution >= 0.6 is 0 Å². The highest BCUT2D eigenvalue weighted by Gasteiger charge is 2.10. The summed E-state index contributed by atoms with van der Waals surface area (Å²) in [6, 6.07) is 5.31. The second-order valence-electron chi connectivity index (χ2n) is 3.63. The highest BCUT2D eigenvalue weighted by Crippen LogP contribution is 2.24. The molecule has 1 aromatic carbocycles. The number of aromatic nitrogens is 1. The van der Waals surface area contributed by atoms with Crippen LogP contribution < -0.4 is 0 Å². The van der Waals surface area contributed by atoms with Gasteiger partial charge in [-0.05, 0) is 13.0 Å². The summed E-state index contributed by atoms with van der Waals surface area (Å²) in [6.45, 7) is 1.47. The minimum absolute atomic E-state index is 0.0639. The molecular formula is C12H10N2O3. The molecule has 0 aliphatic rings. The molecule has 2 rings (SSSR count). The van der Waals surface area contributed by atoms with E-state index >= 15 is 0 Å². The molecule has 5 nitrogen and oxygen atoms in total. The Balaban J connectivity index is 2.65. The lowest BCUT2D eigenvalue weighted by molar-refractivity contribution is -0.400. The average molecular weight is 230 g/mol. The lowest BCUT2D eigenvalue weighted by atomic mass is 10.0. The molecule has 1 N–H and O–H groups in total. The summed E-state index contributed by atoms with van der Waals surface area (Å²) in [5, 5.41) is 11.0. The summed E-state index contributed by atoms with van der Waals surface area (Å²) in [5.74, 6) is -0.0639. The molecule has 1 aromatic heterocycles. The van der Waals surface area contributed by atoms with Crippen LogP contribution in [-0.4, -0.2) is 15.7 Å². The van der Waals surface area contributed by atoms with Gasteiger partial charge < -0.3 is 4.98 Å². The third-order valence-corrected chi connectivity index (χ3v) is 2.49. The van der Waals surface area contributed by atoms with Crippen molar-refractivity contribution in [1.82, 2.24) is 4.98 Å². The molecule has 5 heteroatoms. The van der Waals surface area contributed by atoms with E-state index < -0.39 is 4.92 Å². The van der Waals surface area contributed by atoms with E-state index in [1.807, 2.05) is 6.07 Å². The van der Waals surface area contributed by atoms with Gasteiger partial charge in [0.25, 0.3) is 0 Å². The quantitative estimate of drug-likeness (QED) is 0.500. The minimum atomic E-state index is -0.533. The molecule has 0 radical (unpaired) electrons. The van der Waals surface area contributed by atoms with Crippen molar-refractivity contribution in [1.29, 1.82) is 0 Å². The molecule has 0 saturated carbocycles. The van der Waals surface area contributed by atoms with Crippen LogP contribution in [0.5, 0.6) is 0 Å². The molecule has 0 unspecified atom stereocenters. The molecule has 17 heavy (non-hydrogen) atoms. The van der Waals surface area contributed by atoms with Gasteiger partial charge in [-0.2, -0.15) is 0 Å².